The van der Waals surface area contributed by atoms with E-state index in [1.807, 2.05) is 0 Å². The molecule has 4 heterocycles. The van der Waals surface area contributed by atoms with Gasteiger partial charge in [-0.1, -0.05) is 23.7 Å². The van der Waals surface area contributed by atoms with Crippen LogP contribution in [0.2, 0.25) is 5.02 Å². The Morgan fingerprint density at radius 2 is 1.89 bits per heavy atom. The summed E-state index contributed by atoms with van der Waals surface area (Å²) < 4.78 is 46.3. The number of aromatic nitrogens is 2. The molecule has 6 rings (SSSR count). The minimum absolute atomic E-state index is 0.0709. The second-order valence-corrected chi connectivity index (χ2v) is 11.9. The fraction of sp³-hybridized carbons (Fsp3) is 0.387. The number of benzene rings is 1. The summed E-state index contributed by atoms with van der Waals surface area (Å²) in [6.45, 7) is 0.656. The Bertz CT molecular complexity index is 1630. The number of methoxy groups -OCH3 is 1. The molecule has 1 N–H and O–H groups in total. The van der Waals surface area contributed by atoms with E-state index in [9.17, 15) is 27.6 Å². The van der Waals surface area contributed by atoms with E-state index < -0.39 is 29.3 Å². The molecule has 0 bridgehead atoms. The molecule has 2 aliphatic heterocycles. The number of carbonyl (C=O) groups is 3. The third-order valence-electron chi connectivity index (χ3n) is 8.74. The van der Waals surface area contributed by atoms with Crippen LogP contribution in [-0.4, -0.2) is 65.4 Å². The number of hydrogen-bond acceptors (Lipinski definition) is 6. The predicted molar refractivity (Wildman–Crippen MR) is 155 cm³/mol. The van der Waals surface area contributed by atoms with Gasteiger partial charge in [0.2, 0.25) is 11.8 Å². The fourth-order valence-electron chi connectivity index (χ4n) is 6.48. The number of likely N-dealkylation sites (tertiary alicyclic amines) is 1. The van der Waals surface area contributed by atoms with Gasteiger partial charge < -0.3 is 19.9 Å². The third kappa shape index (κ3) is 5.36. The quantitative estimate of drug-likeness (QED) is 0.398. The number of carbonyl (C=O) groups excluding carboxylic acids is 3. The molecule has 1 saturated carbocycles. The zero-order valence-electron chi connectivity index (χ0n) is 23.7. The highest BCUT2D eigenvalue weighted by molar-refractivity contribution is 6.30. The van der Waals surface area contributed by atoms with E-state index in [-0.39, 0.29) is 53.1 Å². The SMILES string of the molecule is COc1cccc(C(=O)N2CC3(C2)C(=O)N(CC2CCC(NC(=O)c4cc(Cl)cnc4C(F)F)CC2)c2cc(F)ccc23)n1. The lowest BCUT2D eigenvalue weighted by Gasteiger charge is -2.46. The molecule has 0 atom stereocenters. The van der Waals surface area contributed by atoms with E-state index in [1.54, 1.807) is 34.1 Å². The Kier molecular flexibility index (Phi) is 7.95. The van der Waals surface area contributed by atoms with E-state index in [1.165, 1.54) is 25.3 Å². The molecule has 2 aromatic heterocycles. The van der Waals surface area contributed by atoms with Crippen molar-refractivity contribution in [3.05, 3.63) is 82.0 Å². The van der Waals surface area contributed by atoms with E-state index in [0.29, 0.717) is 49.4 Å². The van der Waals surface area contributed by atoms with Crippen molar-refractivity contribution in [1.82, 2.24) is 20.2 Å². The minimum atomic E-state index is -2.92. The molecule has 0 unspecified atom stereocenters. The summed E-state index contributed by atoms with van der Waals surface area (Å²) in [5.74, 6) is -1.24. The number of pyridine rings is 2. The normalized spacial score (nSPS) is 20.5. The molecule has 9 nitrogen and oxygen atoms in total. The van der Waals surface area contributed by atoms with E-state index >= 15 is 0 Å². The summed E-state index contributed by atoms with van der Waals surface area (Å²) in [6.07, 6.45) is 0.635. The number of amides is 3. The molecule has 3 aromatic rings. The molecule has 1 aromatic carbocycles. The van der Waals surface area contributed by atoms with Gasteiger partial charge in [-0.15, -0.1) is 0 Å². The van der Waals surface area contributed by atoms with Crippen LogP contribution in [0.25, 0.3) is 0 Å². The molecule has 3 aliphatic rings. The number of rotatable bonds is 7. The Balaban J connectivity index is 1.11. The minimum Gasteiger partial charge on any atom is -0.481 e. The molecule has 1 aliphatic carbocycles. The summed E-state index contributed by atoms with van der Waals surface area (Å²) in [4.78, 5) is 50.9. The van der Waals surface area contributed by atoms with Crippen LogP contribution in [0.1, 0.15) is 64.2 Å². The van der Waals surface area contributed by atoms with E-state index in [4.69, 9.17) is 16.3 Å². The summed E-state index contributed by atoms with van der Waals surface area (Å²) >= 11 is 5.89. The van der Waals surface area contributed by atoms with Gasteiger partial charge in [0, 0.05) is 37.9 Å². The zero-order chi connectivity index (χ0) is 31.2. The summed E-state index contributed by atoms with van der Waals surface area (Å²) in [5.41, 5.74) is -0.430. The molecule has 3 amide bonds. The topological polar surface area (TPSA) is 105 Å². The average Bonchev–Trinajstić information content (AvgIpc) is 3.23. The number of hydrogen-bond donors (Lipinski definition) is 1. The van der Waals surface area contributed by atoms with Gasteiger partial charge in [0.15, 0.2) is 0 Å². The molecule has 0 radical (unpaired) electrons. The fourth-order valence-corrected chi connectivity index (χ4v) is 6.64. The molecular weight excluding hydrogens is 599 g/mol. The van der Waals surface area contributed by atoms with Crippen LogP contribution < -0.4 is 15.0 Å². The van der Waals surface area contributed by atoms with Crippen LogP contribution in [-0.2, 0) is 10.2 Å². The highest BCUT2D eigenvalue weighted by atomic mass is 35.5. The molecule has 13 heteroatoms. The summed E-state index contributed by atoms with van der Waals surface area (Å²) in [6, 6.07) is 10.2. The smallest absolute Gasteiger partial charge is 0.281 e. The number of ether oxygens (including phenoxy) is 1. The second kappa shape index (κ2) is 11.7. The maximum Gasteiger partial charge on any atom is 0.281 e. The lowest BCUT2D eigenvalue weighted by Crippen LogP contribution is -2.65. The van der Waals surface area contributed by atoms with Crippen LogP contribution in [0.15, 0.2) is 48.7 Å². The number of anilines is 1. The highest BCUT2D eigenvalue weighted by Crippen LogP contribution is 2.48. The first-order valence-corrected chi connectivity index (χ1v) is 14.6. The van der Waals surface area contributed by atoms with Crippen LogP contribution in [0.5, 0.6) is 5.88 Å². The number of nitrogens with zero attached hydrogens (tertiary/aromatic N) is 4. The molecule has 44 heavy (non-hydrogen) atoms. The molecule has 1 saturated heterocycles. The van der Waals surface area contributed by atoms with Crippen molar-refractivity contribution in [1.29, 1.82) is 0 Å². The van der Waals surface area contributed by atoms with Gasteiger partial charge >= 0.3 is 0 Å². The highest BCUT2D eigenvalue weighted by Gasteiger charge is 2.59. The monoisotopic (exact) mass is 627 g/mol. The third-order valence-corrected chi connectivity index (χ3v) is 8.95. The zero-order valence-corrected chi connectivity index (χ0v) is 24.5. The van der Waals surface area contributed by atoms with Gasteiger partial charge in [-0.2, -0.15) is 0 Å². The van der Waals surface area contributed by atoms with Crippen LogP contribution in [0, 0.1) is 11.7 Å². The van der Waals surface area contributed by atoms with Crippen molar-refractivity contribution in [2.45, 2.75) is 43.6 Å². The average molecular weight is 628 g/mol. The van der Waals surface area contributed by atoms with E-state index in [2.05, 4.69) is 15.3 Å². The van der Waals surface area contributed by atoms with Crippen LogP contribution in [0.4, 0.5) is 18.9 Å². The van der Waals surface area contributed by atoms with Crippen molar-refractivity contribution in [3.8, 4) is 5.88 Å². The number of halogens is 4. The standard InChI is InChI=1S/C31H29ClF3N5O4/c1-44-25-4-2-3-23(38-25)29(42)39-15-31(16-39)22-10-7-19(33)12-24(22)40(30(31)43)14-17-5-8-20(9-6-17)37-28(41)21-11-18(32)13-36-26(21)27(34)35/h2-4,7,10-13,17,20,27H,5-6,8-9,14-16H2,1H3,(H,37,41). The Morgan fingerprint density at radius 3 is 2.59 bits per heavy atom. The lowest BCUT2D eigenvalue weighted by atomic mass is 9.74. The Morgan fingerprint density at radius 1 is 1.14 bits per heavy atom. The van der Waals surface area contributed by atoms with Gasteiger partial charge in [-0.25, -0.2) is 18.2 Å². The summed E-state index contributed by atoms with van der Waals surface area (Å²) in [5, 5.41) is 2.91. The maximum atomic E-state index is 14.4. The predicted octanol–water partition coefficient (Wildman–Crippen LogP) is 4.94. The summed E-state index contributed by atoms with van der Waals surface area (Å²) in [7, 11) is 1.46. The second-order valence-electron chi connectivity index (χ2n) is 11.5. The van der Waals surface area contributed by atoms with Gasteiger partial charge in [0.25, 0.3) is 18.2 Å². The van der Waals surface area contributed by atoms with E-state index in [0.717, 1.165) is 6.20 Å². The molecule has 1 spiro atoms. The largest absolute Gasteiger partial charge is 0.481 e. The molecule has 230 valence electrons. The number of alkyl halides is 2. The molecule has 2 fully saturated rings. The van der Waals surface area contributed by atoms with Gasteiger partial charge in [0.1, 0.15) is 22.6 Å². The van der Waals surface area contributed by atoms with Crippen LogP contribution >= 0.6 is 11.6 Å². The Hall–Kier alpha value is -4.19. The number of fused-ring (bicyclic) bond motifs is 2. The van der Waals surface area contributed by atoms with Gasteiger partial charge in [-0.3, -0.25) is 19.4 Å². The maximum absolute atomic E-state index is 14.4. The number of nitrogens with one attached hydrogen (secondary N) is 1. The molecular formula is C31H29ClF3N5O4. The van der Waals surface area contributed by atoms with Crippen molar-refractivity contribution in [3.63, 3.8) is 0 Å². The van der Waals surface area contributed by atoms with Crippen molar-refractivity contribution >= 4 is 35.0 Å². The Labute approximate surface area is 256 Å². The first-order chi connectivity index (χ1) is 21.1. The van der Waals surface area contributed by atoms with Gasteiger partial charge in [0.05, 0.1) is 23.4 Å². The van der Waals surface area contributed by atoms with Crippen molar-refractivity contribution in [2.24, 2.45) is 5.92 Å². The van der Waals surface area contributed by atoms with Crippen LogP contribution in [0.3, 0.4) is 0 Å². The van der Waals surface area contributed by atoms with Crippen molar-refractivity contribution < 1.29 is 32.3 Å². The first-order valence-electron chi connectivity index (χ1n) is 14.3. The lowest BCUT2D eigenvalue weighted by molar-refractivity contribution is -0.128. The van der Waals surface area contributed by atoms with Crippen molar-refractivity contribution in [2.75, 3.05) is 31.6 Å². The first kappa shape index (κ1) is 29.9. The van der Waals surface area contributed by atoms with Gasteiger partial charge in [-0.05, 0) is 61.4 Å².